The van der Waals surface area contributed by atoms with E-state index in [-0.39, 0.29) is 24.1 Å². The summed E-state index contributed by atoms with van der Waals surface area (Å²) in [7, 11) is 4.01. The summed E-state index contributed by atoms with van der Waals surface area (Å²) in [6.45, 7) is 5.59. The monoisotopic (exact) mass is 481 g/mol. The van der Waals surface area contributed by atoms with Gasteiger partial charge in [-0.15, -0.1) is 24.2 Å². The van der Waals surface area contributed by atoms with Crippen molar-refractivity contribution in [2.24, 2.45) is 0 Å². The van der Waals surface area contributed by atoms with Gasteiger partial charge in [-0.25, -0.2) is 9.37 Å². The maximum Gasteiger partial charge on any atom is 0.228 e. The van der Waals surface area contributed by atoms with Gasteiger partial charge >= 0.3 is 0 Å². The molecule has 1 aromatic heterocycles. The van der Waals surface area contributed by atoms with Gasteiger partial charge in [0.15, 0.2) is 5.13 Å². The molecule has 3 rings (SSSR count). The Morgan fingerprint density at radius 2 is 1.77 bits per heavy atom. The lowest BCUT2D eigenvalue weighted by molar-refractivity contribution is -0.118. The predicted octanol–water partition coefficient (Wildman–Crippen LogP) is 5.94. The minimum Gasteiger partial charge on any atom is -0.308 e. The molecule has 1 amide bonds. The van der Waals surface area contributed by atoms with E-state index in [1.807, 2.05) is 19.0 Å². The number of aryl methyl sites for hydroxylation is 2. The first-order valence-electron chi connectivity index (χ1n) is 10.0. The molecule has 0 unspecified atom stereocenters. The molecule has 2 aromatic carbocycles. The summed E-state index contributed by atoms with van der Waals surface area (Å²) in [5.74, 6) is 0.688. The average molecular weight is 482 g/mol. The summed E-state index contributed by atoms with van der Waals surface area (Å²) >= 11 is 3.23. The molecular formula is C23H29ClFN3OS2. The molecule has 168 valence electrons. The van der Waals surface area contributed by atoms with E-state index in [4.69, 9.17) is 4.98 Å². The lowest BCUT2D eigenvalue weighted by Crippen LogP contribution is -2.36. The van der Waals surface area contributed by atoms with Crippen LogP contribution >= 0.6 is 35.5 Å². The van der Waals surface area contributed by atoms with Gasteiger partial charge in [0.1, 0.15) is 5.82 Å². The smallest absolute Gasteiger partial charge is 0.228 e. The molecule has 0 atom stereocenters. The fraction of sp³-hybridized carbons (Fsp3) is 0.391. The Labute approximate surface area is 198 Å². The number of carbonyl (C=O) groups excluding carboxylic acids is 1. The first-order valence-corrected chi connectivity index (χ1v) is 11.8. The van der Waals surface area contributed by atoms with E-state index in [1.165, 1.54) is 23.3 Å². The van der Waals surface area contributed by atoms with E-state index in [2.05, 4.69) is 30.9 Å². The maximum atomic E-state index is 13.0. The van der Waals surface area contributed by atoms with E-state index >= 15 is 0 Å². The number of aromatic nitrogens is 1. The van der Waals surface area contributed by atoms with Crippen LogP contribution in [0.1, 0.15) is 24.0 Å². The summed E-state index contributed by atoms with van der Waals surface area (Å²) in [6, 6.07) is 10.7. The van der Waals surface area contributed by atoms with Gasteiger partial charge in [0, 0.05) is 24.4 Å². The van der Waals surface area contributed by atoms with Crippen molar-refractivity contribution >= 4 is 56.8 Å². The molecule has 31 heavy (non-hydrogen) atoms. The van der Waals surface area contributed by atoms with E-state index in [0.29, 0.717) is 13.0 Å². The van der Waals surface area contributed by atoms with Crippen molar-refractivity contribution < 1.29 is 9.18 Å². The second kappa shape index (κ2) is 11.8. The Morgan fingerprint density at radius 3 is 2.45 bits per heavy atom. The van der Waals surface area contributed by atoms with Crippen molar-refractivity contribution in [2.45, 2.75) is 31.6 Å². The Morgan fingerprint density at radius 1 is 1.10 bits per heavy atom. The lowest BCUT2D eigenvalue weighted by atomic mass is 10.1. The summed E-state index contributed by atoms with van der Waals surface area (Å²) in [4.78, 5) is 22.7. The number of nitrogens with zero attached hydrogens (tertiary/aromatic N) is 3. The number of anilines is 1. The number of amides is 1. The van der Waals surface area contributed by atoms with Crippen LogP contribution in [0.4, 0.5) is 9.52 Å². The highest BCUT2D eigenvalue weighted by Gasteiger charge is 2.20. The molecule has 3 aromatic rings. The van der Waals surface area contributed by atoms with Crippen LogP contribution < -0.4 is 4.90 Å². The van der Waals surface area contributed by atoms with Crippen LogP contribution in [-0.4, -0.2) is 48.7 Å². The third kappa shape index (κ3) is 7.17. The van der Waals surface area contributed by atoms with Crippen molar-refractivity contribution in [3.8, 4) is 0 Å². The molecule has 0 N–H and O–H groups in total. The van der Waals surface area contributed by atoms with E-state index in [0.717, 1.165) is 39.0 Å². The van der Waals surface area contributed by atoms with Gasteiger partial charge in [-0.3, -0.25) is 9.69 Å². The minimum absolute atomic E-state index is 0. The number of carbonyl (C=O) groups is 1. The second-order valence-corrected chi connectivity index (χ2v) is 9.83. The van der Waals surface area contributed by atoms with Gasteiger partial charge in [-0.05, 0) is 87.6 Å². The van der Waals surface area contributed by atoms with Gasteiger partial charge in [0.25, 0.3) is 0 Å². The number of hydrogen-bond donors (Lipinski definition) is 0. The molecule has 8 heteroatoms. The fourth-order valence-electron chi connectivity index (χ4n) is 2.99. The molecule has 0 fully saturated rings. The highest BCUT2D eigenvalue weighted by atomic mass is 35.5. The highest BCUT2D eigenvalue weighted by Crippen LogP contribution is 2.31. The van der Waals surface area contributed by atoms with Crippen LogP contribution in [0.25, 0.3) is 10.2 Å². The van der Waals surface area contributed by atoms with Gasteiger partial charge in [0.2, 0.25) is 5.91 Å². The number of likely N-dealkylation sites (N-methyl/N-ethyl adjacent to an activating group) is 1. The minimum atomic E-state index is -0.229. The topological polar surface area (TPSA) is 36.4 Å². The molecule has 0 saturated heterocycles. The van der Waals surface area contributed by atoms with Crippen molar-refractivity contribution in [1.29, 1.82) is 0 Å². The number of thiazole rings is 1. The number of rotatable bonds is 9. The van der Waals surface area contributed by atoms with Gasteiger partial charge in [0.05, 0.1) is 10.2 Å². The Bertz CT molecular complexity index is 969. The van der Waals surface area contributed by atoms with Crippen molar-refractivity contribution in [3.05, 3.63) is 53.3 Å². The molecule has 0 aliphatic rings. The highest BCUT2D eigenvalue weighted by molar-refractivity contribution is 7.99. The molecule has 0 bridgehead atoms. The van der Waals surface area contributed by atoms with Gasteiger partial charge in [-0.2, -0.15) is 0 Å². The van der Waals surface area contributed by atoms with Crippen molar-refractivity contribution in [3.63, 3.8) is 0 Å². The van der Waals surface area contributed by atoms with Crippen LogP contribution in [-0.2, 0) is 4.79 Å². The summed E-state index contributed by atoms with van der Waals surface area (Å²) in [6.07, 6.45) is 1.23. The predicted molar refractivity (Wildman–Crippen MR) is 134 cm³/mol. The molecule has 0 radical (unpaired) electrons. The summed E-state index contributed by atoms with van der Waals surface area (Å²) in [5.41, 5.74) is 3.40. The standard InChI is InChI=1S/C23H28FN3OS2.ClH/c1-16-14-20-21(15-17(16)2)30-23(25-20)27(12-11-26(3)4)22(28)6-5-13-29-19-9-7-18(24)8-10-19;/h7-10,14-15H,5-6,11-13H2,1-4H3;1H. The zero-order valence-corrected chi connectivity index (χ0v) is 20.8. The summed E-state index contributed by atoms with van der Waals surface area (Å²) in [5, 5.41) is 0.771. The molecule has 1 heterocycles. The fourth-order valence-corrected chi connectivity index (χ4v) is 4.93. The molecule has 4 nitrogen and oxygen atoms in total. The molecule has 0 aliphatic carbocycles. The Balaban J connectivity index is 0.00000341. The third-order valence-electron chi connectivity index (χ3n) is 4.91. The van der Waals surface area contributed by atoms with E-state index in [9.17, 15) is 9.18 Å². The number of thioether (sulfide) groups is 1. The van der Waals surface area contributed by atoms with Crippen LogP contribution in [0, 0.1) is 19.7 Å². The lowest BCUT2D eigenvalue weighted by Gasteiger charge is -2.22. The van der Waals surface area contributed by atoms with Gasteiger partial charge in [-0.1, -0.05) is 11.3 Å². The van der Waals surface area contributed by atoms with Crippen molar-refractivity contribution in [2.75, 3.05) is 37.8 Å². The van der Waals surface area contributed by atoms with Crippen LogP contribution in [0.2, 0.25) is 0 Å². The van der Waals surface area contributed by atoms with E-state index < -0.39 is 0 Å². The second-order valence-electron chi connectivity index (χ2n) is 7.66. The largest absolute Gasteiger partial charge is 0.308 e. The van der Waals surface area contributed by atoms with Crippen LogP contribution in [0.3, 0.4) is 0 Å². The first-order chi connectivity index (χ1) is 14.3. The molecule has 0 spiro atoms. The molecule has 0 aliphatic heterocycles. The number of hydrogen-bond acceptors (Lipinski definition) is 5. The number of halogens is 2. The quantitative estimate of drug-likeness (QED) is 0.280. The van der Waals surface area contributed by atoms with Crippen molar-refractivity contribution in [1.82, 2.24) is 9.88 Å². The van der Waals surface area contributed by atoms with Crippen LogP contribution in [0.15, 0.2) is 41.3 Å². The Hall–Kier alpha value is -1.67. The van der Waals surface area contributed by atoms with Crippen LogP contribution in [0.5, 0.6) is 0 Å². The zero-order valence-electron chi connectivity index (χ0n) is 18.4. The SMILES string of the molecule is Cc1cc2nc(N(CCN(C)C)C(=O)CCCSc3ccc(F)cc3)sc2cc1C.Cl. The first kappa shape index (κ1) is 25.6. The summed E-state index contributed by atoms with van der Waals surface area (Å²) < 4.78 is 14.1. The Kier molecular flexibility index (Phi) is 9.75. The van der Waals surface area contributed by atoms with E-state index in [1.54, 1.807) is 35.2 Å². The third-order valence-corrected chi connectivity index (χ3v) is 7.05. The molecule has 0 saturated carbocycles. The maximum absolute atomic E-state index is 13.0. The zero-order chi connectivity index (χ0) is 21.7. The van der Waals surface area contributed by atoms with Gasteiger partial charge < -0.3 is 4.90 Å². The number of benzene rings is 2. The number of fused-ring (bicyclic) bond motifs is 1. The average Bonchev–Trinajstić information content (AvgIpc) is 3.09. The molecular weight excluding hydrogens is 453 g/mol. The normalized spacial score (nSPS) is 11.0.